The van der Waals surface area contributed by atoms with Crippen LogP contribution in [0, 0.1) is 0 Å². The van der Waals surface area contributed by atoms with Crippen molar-refractivity contribution in [2.45, 2.75) is 13.0 Å². The largest absolute Gasteiger partial charge is 0.497 e. The fraction of sp³-hybridized carbons (Fsp3) is 0.273. The lowest BCUT2D eigenvalue weighted by Gasteiger charge is -2.13. The molecular weight excluding hydrogens is 210 g/mol. The van der Waals surface area contributed by atoms with E-state index in [1.54, 1.807) is 12.1 Å². The number of aldehydes is 1. The number of hydrogen-bond acceptors (Lipinski definition) is 4. The summed E-state index contributed by atoms with van der Waals surface area (Å²) in [5, 5.41) is 0. The van der Waals surface area contributed by atoms with Crippen molar-refractivity contribution >= 4 is 12.2 Å². The molecule has 0 spiro atoms. The van der Waals surface area contributed by atoms with E-state index in [4.69, 9.17) is 15.2 Å². The Balaban J connectivity index is 2.99. The topological polar surface area (TPSA) is 78.6 Å². The van der Waals surface area contributed by atoms with E-state index < -0.39 is 12.0 Å². The van der Waals surface area contributed by atoms with Gasteiger partial charge in [0.1, 0.15) is 11.5 Å². The van der Waals surface area contributed by atoms with Crippen LogP contribution in [0.2, 0.25) is 0 Å². The van der Waals surface area contributed by atoms with Crippen molar-refractivity contribution in [2.75, 3.05) is 7.11 Å². The summed E-state index contributed by atoms with van der Waals surface area (Å²) in [5.74, 6) is 0.220. The molecular formula is C11H13NO4. The van der Waals surface area contributed by atoms with E-state index in [0.29, 0.717) is 17.6 Å². The number of carbonyl (C=O) groups is 2. The number of carbonyl (C=O) groups excluding carboxylic acids is 2. The molecule has 1 aromatic rings. The van der Waals surface area contributed by atoms with Gasteiger partial charge in [-0.05, 0) is 19.1 Å². The summed E-state index contributed by atoms with van der Waals surface area (Å²) in [4.78, 5) is 21.6. The van der Waals surface area contributed by atoms with Crippen molar-refractivity contribution in [2.24, 2.45) is 5.73 Å². The van der Waals surface area contributed by atoms with Crippen LogP contribution in [0.4, 0.5) is 0 Å². The summed E-state index contributed by atoms with van der Waals surface area (Å²) in [6.45, 7) is 1.51. The third-order valence-electron chi connectivity index (χ3n) is 2.05. The molecule has 1 amide bonds. The standard InChI is InChI=1S/C11H13NO4/c1-7(11(12)14)16-10-5-9(15-2)4-3-8(10)6-13/h3-7H,1-2H3,(H2,12,14). The zero-order valence-corrected chi connectivity index (χ0v) is 9.10. The summed E-state index contributed by atoms with van der Waals surface area (Å²) >= 11 is 0. The first kappa shape index (κ1) is 12.0. The second-order valence-corrected chi connectivity index (χ2v) is 3.18. The third kappa shape index (κ3) is 2.73. The Kier molecular flexibility index (Phi) is 3.88. The fourth-order valence-electron chi connectivity index (χ4n) is 1.09. The Morgan fingerprint density at radius 1 is 1.50 bits per heavy atom. The molecule has 0 fully saturated rings. The van der Waals surface area contributed by atoms with Crippen molar-refractivity contribution in [1.29, 1.82) is 0 Å². The molecule has 16 heavy (non-hydrogen) atoms. The van der Waals surface area contributed by atoms with Gasteiger partial charge in [-0.2, -0.15) is 0 Å². The van der Waals surface area contributed by atoms with Gasteiger partial charge in [0, 0.05) is 6.07 Å². The van der Waals surface area contributed by atoms with Gasteiger partial charge in [0.25, 0.3) is 5.91 Å². The fourth-order valence-corrected chi connectivity index (χ4v) is 1.09. The first-order valence-electron chi connectivity index (χ1n) is 4.67. The molecule has 0 radical (unpaired) electrons. The van der Waals surface area contributed by atoms with Crippen LogP contribution in [0.1, 0.15) is 17.3 Å². The number of hydrogen-bond donors (Lipinski definition) is 1. The highest BCUT2D eigenvalue weighted by atomic mass is 16.5. The first-order chi connectivity index (χ1) is 7.58. The average Bonchev–Trinajstić information content (AvgIpc) is 2.28. The van der Waals surface area contributed by atoms with Gasteiger partial charge >= 0.3 is 0 Å². The quantitative estimate of drug-likeness (QED) is 0.747. The summed E-state index contributed by atoms with van der Waals surface area (Å²) in [6.07, 6.45) is -0.159. The maximum Gasteiger partial charge on any atom is 0.258 e. The van der Waals surface area contributed by atoms with Gasteiger partial charge in [0.15, 0.2) is 12.4 Å². The molecule has 0 aliphatic heterocycles. The molecule has 0 aliphatic carbocycles. The maximum absolute atomic E-state index is 10.8. The van der Waals surface area contributed by atoms with Crippen LogP contribution in [0.25, 0.3) is 0 Å². The van der Waals surface area contributed by atoms with Crippen LogP contribution in [-0.4, -0.2) is 25.4 Å². The lowest BCUT2D eigenvalue weighted by Crippen LogP contribution is -2.30. The first-order valence-corrected chi connectivity index (χ1v) is 4.67. The molecule has 1 rings (SSSR count). The smallest absolute Gasteiger partial charge is 0.258 e. The van der Waals surface area contributed by atoms with Gasteiger partial charge in [0.05, 0.1) is 12.7 Å². The number of ether oxygens (including phenoxy) is 2. The zero-order valence-electron chi connectivity index (χ0n) is 9.10. The SMILES string of the molecule is COc1ccc(C=O)c(OC(C)C(N)=O)c1. The highest BCUT2D eigenvalue weighted by Gasteiger charge is 2.13. The summed E-state index contributed by atoms with van der Waals surface area (Å²) in [7, 11) is 1.50. The summed E-state index contributed by atoms with van der Waals surface area (Å²) in [6, 6.07) is 4.71. The number of primary amides is 1. The third-order valence-corrected chi connectivity index (χ3v) is 2.05. The molecule has 2 N–H and O–H groups in total. The summed E-state index contributed by atoms with van der Waals surface area (Å²) in [5.41, 5.74) is 5.40. The minimum atomic E-state index is -0.800. The number of amides is 1. The Bertz CT molecular complexity index is 403. The van der Waals surface area contributed by atoms with Crippen LogP contribution in [-0.2, 0) is 4.79 Å². The van der Waals surface area contributed by atoms with Gasteiger partial charge in [0.2, 0.25) is 0 Å². The predicted molar refractivity (Wildman–Crippen MR) is 57.7 cm³/mol. The van der Waals surface area contributed by atoms with E-state index in [1.165, 1.54) is 20.1 Å². The van der Waals surface area contributed by atoms with Crippen LogP contribution < -0.4 is 15.2 Å². The zero-order chi connectivity index (χ0) is 12.1. The lowest BCUT2D eigenvalue weighted by molar-refractivity contribution is -0.124. The van der Waals surface area contributed by atoms with Crippen molar-refractivity contribution in [3.8, 4) is 11.5 Å². The molecule has 5 heteroatoms. The van der Waals surface area contributed by atoms with Crippen LogP contribution in [0.3, 0.4) is 0 Å². The average molecular weight is 223 g/mol. The van der Waals surface area contributed by atoms with Gasteiger partial charge in [-0.1, -0.05) is 0 Å². The van der Waals surface area contributed by atoms with Crippen molar-refractivity contribution in [3.63, 3.8) is 0 Å². The Morgan fingerprint density at radius 2 is 2.19 bits per heavy atom. The van der Waals surface area contributed by atoms with Crippen molar-refractivity contribution < 1.29 is 19.1 Å². The molecule has 0 aliphatic rings. The number of nitrogens with two attached hydrogens (primary N) is 1. The number of methoxy groups -OCH3 is 1. The molecule has 0 heterocycles. The van der Waals surface area contributed by atoms with Crippen LogP contribution in [0.5, 0.6) is 11.5 Å². The minimum Gasteiger partial charge on any atom is -0.497 e. The normalized spacial score (nSPS) is 11.6. The molecule has 0 aromatic heterocycles. The molecule has 5 nitrogen and oxygen atoms in total. The van der Waals surface area contributed by atoms with Crippen LogP contribution >= 0.6 is 0 Å². The van der Waals surface area contributed by atoms with Gasteiger partial charge in [-0.3, -0.25) is 9.59 Å². The van der Waals surface area contributed by atoms with E-state index >= 15 is 0 Å². The molecule has 1 aromatic carbocycles. The highest BCUT2D eigenvalue weighted by molar-refractivity contribution is 5.81. The Labute approximate surface area is 93.1 Å². The van der Waals surface area contributed by atoms with E-state index in [2.05, 4.69) is 0 Å². The summed E-state index contributed by atoms with van der Waals surface area (Å²) < 4.78 is 10.2. The van der Waals surface area contributed by atoms with Crippen molar-refractivity contribution in [3.05, 3.63) is 23.8 Å². The second kappa shape index (κ2) is 5.16. The van der Waals surface area contributed by atoms with E-state index in [-0.39, 0.29) is 5.75 Å². The molecule has 0 bridgehead atoms. The highest BCUT2D eigenvalue weighted by Crippen LogP contribution is 2.24. The van der Waals surface area contributed by atoms with Gasteiger partial charge < -0.3 is 15.2 Å². The van der Waals surface area contributed by atoms with Crippen LogP contribution in [0.15, 0.2) is 18.2 Å². The molecule has 0 saturated heterocycles. The monoisotopic (exact) mass is 223 g/mol. The second-order valence-electron chi connectivity index (χ2n) is 3.18. The molecule has 1 atom stereocenters. The van der Waals surface area contributed by atoms with Gasteiger partial charge in [-0.25, -0.2) is 0 Å². The number of benzene rings is 1. The van der Waals surface area contributed by atoms with E-state index in [0.717, 1.165) is 0 Å². The van der Waals surface area contributed by atoms with Gasteiger partial charge in [-0.15, -0.1) is 0 Å². The molecule has 1 unspecified atom stereocenters. The lowest BCUT2D eigenvalue weighted by atomic mass is 10.2. The minimum absolute atomic E-state index is 0.278. The predicted octanol–water partition coefficient (Wildman–Crippen LogP) is 0.760. The molecule has 0 saturated carbocycles. The molecule has 86 valence electrons. The van der Waals surface area contributed by atoms with E-state index in [1.807, 2.05) is 0 Å². The Hall–Kier alpha value is -2.04. The number of rotatable bonds is 5. The Morgan fingerprint density at radius 3 is 2.69 bits per heavy atom. The van der Waals surface area contributed by atoms with E-state index in [9.17, 15) is 9.59 Å². The maximum atomic E-state index is 10.8. The van der Waals surface area contributed by atoms with Crippen molar-refractivity contribution in [1.82, 2.24) is 0 Å².